The van der Waals surface area contributed by atoms with Crippen molar-refractivity contribution in [1.29, 1.82) is 0 Å². The van der Waals surface area contributed by atoms with E-state index in [1.807, 2.05) is 41.8 Å². The van der Waals surface area contributed by atoms with Gasteiger partial charge in [0.2, 0.25) is 23.5 Å². The van der Waals surface area contributed by atoms with Crippen molar-refractivity contribution in [1.82, 2.24) is 15.5 Å². The molecule has 8 heteroatoms. The van der Waals surface area contributed by atoms with Crippen LogP contribution >= 0.6 is 11.3 Å². The molecule has 1 fully saturated rings. The summed E-state index contributed by atoms with van der Waals surface area (Å²) in [5.74, 6) is 1.11. The molecule has 1 N–H and O–H groups in total. The molecule has 0 unspecified atom stereocenters. The van der Waals surface area contributed by atoms with E-state index in [4.69, 9.17) is 4.52 Å². The number of thiophene rings is 1. The maximum Gasteiger partial charge on any atom is 0.227 e. The Kier molecular flexibility index (Phi) is 5.48. The van der Waals surface area contributed by atoms with Gasteiger partial charge >= 0.3 is 0 Å². The molecule has 0 aliphatic carbocycles. The summed E-state index contributed by atoms with van der Waals surface area (Å²) in [6, 6.07) is 11.6. The average molecular weight is 396 g/mol. The van der Waals surface area contributed by atoms with E-state index in [-0.39, 0.29) is 18.2 Å². The van der Waals surface area contributed by atoms with Crippen LogP contribution in [0, 0.1) is 0 Å². The highest BCUT2D eigenvalue weighted by molar-refractivity contribution is 7.13. The van der Waals surface area contributed by atoms with Gasteiger partial charge in [-0.2, -0.15) is 4.98 Å². The Labute approximate surface area is 166 Å². The van der Waals surface area contributed by atoms with Gasteiger partial charge in [0.25, 0.3) is 0 Å². The molecule has 3 aromatic rings. The second-order valence-corrected chi connectivity index (χ2v) is 7.53. The van der Waals surface area contributed by atoms with Crippen molar-refractivity contribution in [2.24, 2.45) is 0 Å². The quantitative estimate of drug-likeness (QED) is 0.663. The monoisotopic (exact) mass is 396 g/mol. The van der Waals surface area contributed by atoms with Gasteiger partial charge in [-0.05, 0) is 35.6 Å². The van der Waals surface area contributed by atoms with Crippen molar-refractivity contribution in [2.75, 3.05) is 11.4 Å². The Morgan fingerprint density at radius 3 is 2.82 bits per heavy atom. The van der Waals surface area contributed by atoms with Crippen LogP contribution in [0.25, 0.3) is 10.7 Å². The van der Waals surface area contributed by atoms with Crippen LogP contribution in [0.3, 0.4) is 0 Å². The summed E-state index contributed by atoms with van der Waals surface area (Å²) in [7, 11) is 0. The highest BCUT2D eigenvalue weighted by Gasteiger charge is 2.21. The number of rotatable bonds is 7. The lowest BCUT2D eigenvalue weighted by Crippen LogP contribution is -2.24. The molecule has 4 rings (SSSR count). The zero-order valence-electron chi connectivity index (χ0n) is 15.3. The number of hydrogen-bond acceptors (Lipinski definition) is 6. The molecular formula is C20H20N4O3S. The fourth-order valence-electron chi connectivity index (χ4n) is 3.09. The predicted octanol–water partition coefficient (Wildman–Crippen LogP) is 3.17. The molecule has 7 nitrogen and oxygen atoms in total. The van der Waals surface area contributed by atoms with Crippen LogP contribution in [-0.2, 0) is 22.6 Å². The first-order chi connectivity index (χ1) is 13.7. The molecular weight excluding hydrogens is 376 g/mol. The normalized spacial score (nSPS) is 13.9. The number of aryl methyl sites for hydroxylation is 1. The van der Waals surface area contributed by atoms with E-state index in [1.165, 1.54) is 0 Å². The van der Waals surface area contributed by atoms with Crippen molar-refractivity contribution in [3.63, 3.8) is 0 Å². The number of anilines is 1. The minimum atomic E-state index is -0.0744. The Morgan fingerprint density at radius 1 is 1.25 bits per heavy atom. The van der Waals surface area contributed by atoms with Crippen molar-refractivity contribution in [2.45, 2.75) is 32.2 Å². The SMILES string of the molecule is O=C(CCc1nc(-c2cccs2)no1)NCc1ccc(N2CCCC2=O)cc1. The molecule has 1 saturated heterocycles. The number of nitrogens with one attached hydrogen (secondary N) is 1. The molecule has 0 spiro atoms. The molecule has 2 aromatic heterocycles. The first-order valence-electron chi connectivity index (χ1n) is 9.21. The number of hydrogen-bond donors (Lipinski definition) is 1. The molecule has 0 saturated carbocycles. The molecule has 1 aliphatic heterocycles. The van der Waals surface area contributed by atoms with Crippen molar-refractivity contribution < 1.29 is 14.1 Å². The summed E-state index contributed by atoms with van der Waals surface area (Å²) in [5, 5.41) is 8.79. The summed E-state index contributed by atoms with van der Waals surface area (Å²) < 4.78 is 5.21. The largest absolute Gasteiger partial charge is 0.352 e. The zero-order valence-corrected chi connectivity index (χ0v) is 16.1. The Morgan fingerprint density at radius 2 is 2.11 bits per heavy atom. The minimum absolute atomic E-state index is 0.0744. The van der Waals surface area contributed by atoms with Crippen LogP contribution in [0.4, 0.5) is 5.69 Å². The Balaban J connectivity index is 1.24. The highest BCUT2D eigenvalue weighted by Crippen LogP contribution is 2.22. The van der Waals surface area contributed by atoms with Crippen LogP contribution in [-0.4, -0.2) is 28.5 Å². The van der Waals surface area contributed by atoms with E-state index in [0.29, 0.717) is 31.1 Å². The maximum atomic E-state index is 12.1. The Bertz CT molecular complexity index is 950. The number of aromatic nitrogens is 2. The summed E-state index contributed by atoms with van der Waals surface area (Å²) in [6.07, 6.45) is 2.21. The van der Waals surface area contributed by atoms with Gasteiger partial charge in [-0.25, -0.2) is 0 Å². The van der Waals surface area contributed by atoms with Crippen LogP contribution in [0.5, 0.6) is 0 Å². The molecule has 0 atom stereocenters. The molecule has 2 amide bonds. The lowest BCUT2D eigenvalue weighted by atomic mass is 10.2. The van der Waals surface area contributed by atoms with E-state index in [0.717, 1.165) is 29.1 Å². The molecule has 3 heterocycles. The molecule has 0 radical (unpaired) electrons. The average Bonchev–Trinajstić information content (AvgIpc) is 3.46. The summed E-state index contributed by atoms with van der Waals surface area (Å²) >= 11 is 1.54. The Hall–Kier alpha value is -3.00. The first kappa shape index (κ1) is 18.4. The van der Waals surface area contributed by atoms with Gasteiger partial charge in [-0.1, -0.05) is 23.4 Å². The third-order valence-corrected chi connectivity index (χ3v) is 5.45. The van der Waals surface area contributed by atoms with E-state index in [2.05, 4.69) is 15.5 Å². The van der Waals surface area contributed by atoms with Gasteiger partial charge in [0.15, 0.2) is 0 Å². The third kappa shape index (κ3) is 4.28. The van der Waals surface area contributed by atoms with Gasteiger partial charge in [0.1, 0.15) is 0 Å². The van der Waals surface area contributed by atoms with Crippen LogP contribution in [0.2, 0.25) is 0 Å². The molecule has 144 valence electrons. The van der Waals surface area contributed by atoms with E-state index >= 15 is 0 Å². The molecule has 0 bridgehead atoms. The van der Waals surface area contributed by atoms with Crippen molar-refractivity contribution in [3.8, 4) is 10.7 Å². The maximum absolute atomic E-state index is 12.1. The topological polar surface area (TPSA) is 88.3 Å². The number of amides is 2. The van der Waals surface area contributed by atoms with Crippen LogP contribution < -0.4 is 10.2 Å². The fourth-order valence-corrected chi connectivity index (χ4v) is 3.74. The second-order valence-electron chi connectivity index (χ2n) is 6.58. The van der Waals surface area contributed by atoms with E-state index in [9.17, 15) is 9.59 Å². The van der Waals surface area contributed by atoms with Crippen LogP contribution in [0.1, 0.15) is 30.7 Å². The fraction of sp³-hybridized carbons (Fsp3) is 0.300. The first-order valence-corrected chi connectivity index (χ1v) is 10.1. The third-order valence-electron chi connectivity index (χ3n) is 4.59. The molecule has 1 aliphatic rings. The number of nitrogens with zero attached hydrogens (tertiary/aromatic N) is 3. The lowest BCUT2D eigenvalue weighted by molar-refractivity contribution is -0.121. The van der Waals surface area contributed by atoms with Gasteiger partial charge in [0, 0.05) is 38.0 Å². The number of benzene rings is 1. The molecule has 1 aromatic carbocycles. The molecule has 28 heavy (non-hydrogen) atoms. The van der Waals surface area contributed by atoms with Crippen molar-refractivity contribution >= 4 is 28.8 Å². The minimum Gasteiger partial charge on any atom is -0.352 e. The van der Waals surface area contributed by atoms with E-state index < -0.39 is 0 Å². The zero-order chi connectivity index (χ0) is 19.3. The summed E-state index contributed by atoms with van der Waals surface area (Å²) in [5.41, 5.74) is 1.90. The summed E-state index contributed by atoms with van der Waals surface area (Å²) in [4.78, 5) is 30.9. The van der Waals surface area contributed by atoms with Gasteiger partial charge in [0.05, 0.1) is 4.88 Å². The van der Waals surface area contributed by atoms with Gasteiger partial charge in [-0.15, -0.1) is 11.3 Å². The predicted molar refractivity (Wildman–Crippen MR) is 106 cm³/mol. The second kappa shape index (κ2) is 8.35. The standard InChI is InChI=1S/C20H20N4O3S/c25-17(9-10-18-22-20(23-27-18)16-3-2-12-28-16)21-13-14-5-7-15(8-6-14)24-11-1-4-19(24)26/h2-3,5-8,12H,1,4,9-11,13H2,(H,21,25). The number of carbonyl (C=O) groups is 2. The van der Waals surface area contributed by atoms with Crippen LogP contribution in [0.15, 0.2) is 46.3 Å². The van der Waals surface area contributed by atoms with E-state index in [1.54, 1.807) is 16.2 Å². The van der Waals surface area contributed by atoms with Gasteiger partial charge < -0.3 is 14.7 Å². The smallest absolute Gasteiger partial charge is 0.227 e. The van der Waals surface area contributed by atoms with Crippen molar-refractivity contribution in [3.05, 3.63) is 53.2 Å². The highest BCUT2D eigenvalue weighted by atomic mass is 32.1. The summed E-state index contributed by atoms with van der Waals surface area (Å²) in [6.45, 7) is 1.22. The lowest BCUT2D eigenvalue weighted by Gasteiger charge is -2.16. The van der Waals surface area contributed by atoms with Gasteiger partial charge in [-0.3, -0.25) is 9.59 Å². The number of carbonyl (C=O) groups excluding carboxylic acids is 2.